The molecule has 1 heterocycles. The van der Waals surface area contributed by atoms with E-state index in [1.54, 1.807) is 0 Å². The molecule has 0 spiro atoms. The summed E-state index contributed by atoms with van der Waals surface area (Å²) in [4.78, 5) is 24.1. The average molecular weight is 599 g/mol. The van der Waals surface area contributed by atoms with E-state index in [0.29, 0.717) is 19.3 Å². The number of aliphatic carboxylic acids is 1. The molecule has 1 saturated heterocycles. The van der Waals surface area contributed by atoms with Gasteiger partial charge in [-0.05, 0) is 104 Å². The van der Waals surface area contributed by atoms with Crippen molar-refractivity contribution in [3.8, 4) is 0 Å². The average Bonchev–Trinajstić information content (AvgIpc) is 3.30. The molecule has 16 atom stereocenters. The maximum Gasteiger partial charge on any atom is 0.335 e. The number of rotatable bonds is 7. The molecule has 10 heteroatoms. The number of fused-ring (bicyclic) bond motifs is 5. The lowest BCUT2D eigenvalue weighted by Gasteiger charge is -2.64. The summed E-state index contributed by atoms with van der Waals surface area (Å²) in [7, 11) is 0. The van der Waals surface area contributed by atoms with Crippen molar-refractivity contribution < 1.29 is 51.1 Å². The normalized spacial score (nSPS) is 53.2. The molecule has 0 aromatic rings. The predicted molar refractivity (Wildman–Crippen MR) is 151 cm³/mol. The second-order valence-electron chi connectivity index (χ2n) is 14.7. The SMILES string of the molecule is [3H][C@]1(O)C2C3CC[C@H]([C@H](C)CCC(=O)O[C@@H]4O[C@H](C(=O)O)[C@@H](O)[C@H](O)[C@H]4O)[C@@]3(C)CCC2[C@@]2(C)CC[C@@H](O)C[C@H]2[C@H]1CC. The van der Waals surface area contributed by atoms with Gasteiger partial charge in [-0.15, -0.1) is 0 Å². The second kappa shape index (κ2) is 11.9. The first-order chi connectivity index (χ1) is 20.1. The van der Waals surface area contributed by atoms with E-state index in [0.717, 1.165) is 38.5 Å². The highest BCUT2D eigenvalue weighted by Gasteiger charge is 2.65. The van der Waals surface area contributed by atoms with Crippen LogP contribution in [0, 0.1) is 52.3 Å². The van der Waals surface area contributed by atoms with Gasteiger partial charge in [0, 0.05) is 6.42 Å². The van der Waals surface area contributed by atoms with Crippen LogP contribution >= 0.6 is 0 Å². The topological polar surface area (TPSA) is 174 Å². The van der Waals surface area contributed by atoms with Crippen molar-refractivity contribution in [2.45, 2.75) is 135 Å². The third-order valence-electron chi connectivity index (χ3n) is 12.8. The Morgan fingerprint density at radius 1 is 0.952 bits per heavy atom. The summed E-state index contributed by atoms with van der Waals surface area (Å²) in [6, 6.07) is 0. The third kappa shape index (κ3) is 5.21. The summed E-state index contributed by atoms with van der Waals surface area (Å²) in [6.07, 6.45) is -3.52. The molecule has 5 aliphatic rings. The van der Waals surface area contributed by atoms with E-state index in [1.807, 2.05) is 0 Å². The van der Waals surface area contributed by atoms with Gasteiger partial charge in [0.2, 0.25) is 6.29 Å². The van der Waals surface area contributed by atoms with Crippen molar-refractivity contribution in [2.75, 3.05) is 0 Å². The van der Waals surface area contributed by atoms with Crippen molar-refractivity contribution in [3.63, 3.8) is 0 Å². The number of carbonyl (C=O) groups is 2. The number of hydrogen-bond acceptors (Lipinski definition) is 9. The number of aliphatic hydroxyl groups is 5. The minimum absolute atomic E-state index is 0.00165. The Bertz CT molecular complexity index is 1060. The van der Waals surface area contributed by atoms with Crippen molar-refractivity contribution in [1.29, 1.82) is 0 Å². The molecule has 0 aromatic heterocycles. The number of aliphatic hydroxyl groups excluding tert-OH is 4. The van der Waals surface area contributed by atoms with Gasteiger partial charge in [0.25, 0.3) is 0 Å². The van der Waals surface area contributed by atoms with E-state index in [9.17, 15) is 41.6 Å². The van der Waals surface area contributed by atoms with Gasteiger partial charge in [0.15, 0.2) is 6.10 Å². The lowest BCUT2D eigenvalue weighted by molar-refractivity contribution is -0.286. The zero-order valence-corrected chi connectivity index (χ0v) is 25.4. The number of hydrogen-bond donors (Lipinski definition) is 6. The first-order valence-corrected chi connectivity index (χ1v) is 16.1. The summed E-state index contributed by atoms with van der Waals surface area (Å²) in [5.74, 6) is -1.56. The standard InChI is InChI=1S/C32H52O10/c1-5-17-21-14-16(33)10-12-32(21,4)20-11-13-31(3)18(7-8-19(31)23(20)24(17)35)15(2)6-9-22(34)41-30-27(38)25(36)26(37)28(42-30)29(39)40/h15-21,23-28,30,33,35-38H,5-14H2,1-4H3,(H,39,40)/t15-,16-,17-,18-,19?,20?,21+,23?,24-,25+,26+,27-,28+,30-,31-,32-/m1/s1/i24T. The summed E-state index contributed by atoms with van der Waals surface area (Å²) >= 11 is 0. The number of carboxylic acids is 1. The van der Waals surface area contributed by atoms with Crippen LogP contribution in [0.3, 0.4) is 0 Å². The fraction of sp³-hybridized carbons (Fsp3) is 0.938. The Morgan fingerprint density at radius 2 is 1.62 bits per heavy atom. The zero-order chi connectivity index (χ0) is 31.6. The van der Waals surface area contributed by atoms with Gasteiger partial charge in [-0.3, -0.25) is 4.79 Å². The van der Waals surface area contributed by atoms with Gasteiger partial charge >= 0.3 is 11.9 Å². The van der Waals surface area contributed by atoms with Gasteiger partial charge in [-0.25, -0.2) is 4.79 Å². The van der Waals surface area contributed by atoms with Crippen LogP contribution in [0.2, 0.25) is 0 Å². The molecule has 0 aromatic carbocycles. The number of esters is 1. The van der Waals surface area contributed by atoms with Crippen LogP contribution in [0.25, 0.3) is 0 Å². The Balaban J connectivity index is 1.26. The molecule has 0 radical (unpaired) electrons. The van der Waals surface area contributed by atoms with Gasteiger partial charge in [0.05, 0.1) is 13.6 Å². The van der Waals surface area contributed by atoms with E-state index in [1.165, 1.54) is 0 Å². The first-order valence-electron chi connectivity index (χ1n) is 16.6. The largest absolute Gasteiger partial charge is 0.479 e. The van der Waals surface area contributed by atoms with Crippen molar-refractivity contribution in [3.05, 3.63) is 0 Å². The molecule has 4 saturated carbocycles. The van der Waals surface area contributed by atoms with E-state index in [-0.39, 0.29) is 64.8 Å². The smallest absolute Gasteiger partial charge is 0.335 e. The summed E-state index contributed by atoms with van der Waals surface area (Å²) in [6.45, 7) is 8.84. The minimum Gasteiger partial charge on any atom is -0.479 e. The van der Waals surface area contributed by atoms with Crippen molar-refractivity contribution >= 4 is 11.9 Å². The quantitative estimate of drug-likeness (QED) is 0.239. The van der Waals surface area contributed by atoms with Crippen LogP contribution in [0.4, 0.5) is 0 Å². The molecule has 5 rings (SSSR count). The van der Waals surface area contributed by atoms with Crippen molar-refractivity contribution in [1.82, 2.24) is 0 Å². The first kappa shape index (κ1) is 30.7. The molecule has 10 nitrogen and oxygen atoms in total. The van der Waals surface area contributed by atoms with E-state index >= 15 is 0 Å². The van der Waals surface area contributed by atoms with Crippen LogP contribution < -0.4 is 0 Å². The van der Waals surface area contributed by atoms with Crippen LogP contribution in [0.1, 0.15) is 93.3 Å². The highest BCUT2D eigenvalue weighted by atomic mass is 16.7. The van der Waals surface area contributed by atoms with Crippen LogP contribution in [-0.4, -0.2) is 85.5 Å². The van der Waals surface area contributed by atoms with E-state index in [2.05, 4.69) is 27.7 Å². The van der Waals surface area contributed by atoms with Crippen molar-refractivity contribution in [2.24, 2.45) is 52.3 Å². The molecule has 4 aliphatic carbocycles. The third-order valence-corrected chi connectivity index (χ3v) is 12.8. The molecule has 0 bridgehead atoms. The maximum atomic E-state index is 12.8. The molecule has 0 amide bonds. The molecular formula is C32H52O10. The van der Waals surface area contributed by atoms with Gasteiger partial charge < -0.3 is 40.1 Å². The molecule has 3 unspecified atom stereocenters. The Hall–Kier alpha value is -1.30. The molecule has 240 valence electrons. The molecule has 5 fully saturated rings. The summed E-state index contributed by atoms with van der Waals surface area (Å²) in [5, 5.41) is 61.9. The van der Waals surface area contributed by atoms with Gasteiger partial charge in [-0.2, -0.15) is 0 Å². The highest BCUT2D eigenvalue weighted by Crippen LogP contribution is 2.69. The predicted octanol–water partition coefficient (Wildman–Crippen LogP) is 2.46. The summed E-state index contributed by atoms with van der Waals surface area (Å²) in [5.41, 5.74) is -0.0888. The Kier molecular flexibility index (Phi) is 8.70. The fourth-order valence-electron chi connectivity index (χ4n) is 10.5. The number of carbonyl (C=O) groups excluding carboxylic acids is 1. The molecule has 1 aliphatic heterocycles. The lowest BCUT2D eigenvalue weighted by Crippen LogP contribution is -2.62. The van der Waals surface area contributed by atoms with Gasteiger partial charge in [0.1, 0.15) is 18.3 Å². The lowest BCUT2D eigenvalue weighted by atomic mass is 9.41. The fourth-order valence-corrected chi connectivity index (χ4v) is 10.5. The second-order valence-corrected chi connectivity index (χ2v) is 14.7. The molecule has 42 heavy (non-hydrogen) atoms. The van der Waals surface area contributed by atoms with Crippen LogP contribution in [0.15, 0.2) is 0 Å². The minimum atomic E-state index is -1.86. The molecule has 6 N–H and O–H groups in total. The Morgan fingerprint density at radius 3 is 2.29 bits per heavy atom. The number of ether oxygens (including phenoxy) is 2. The van der Waals surface area contributed by atoms with E-state index in [4.69, 9.17) is 9.47 Å². The zero-order valence-electron chi connectivity index (χ0n) is 26.4. The van der Waals surface area contributed by atoms with Crippen LogP contribution in [0.5, 0.6) is 0 Å². The Labute approximate surface area is 250 Å². The van der Waals surface area contributed by atoms with E-state index < -0.39 is 48.7 Å². The summed E-state index contributed by atoms with van der Waals surface area (Å²) < 4.78 is 19.8. The molecular weight excluding hydrogens is 544 g/mol. The monoisotopic (exact) mass is 598 g/mol. The highest BCUT2D eigenvalue weighted by molar-refractivity contribution is 5.73. The van der Waals surface area contributed by atoms with Crippen LogP contribution in [-0.2, 0) is 19.1 Å². The maximum absolute atomic E-state index is 12.8. The number of carboxylic acid groups (broad SMARTS) is 1. The van der Waals surface area contributed by atoms with Gasteiger partial charge in [-0.1, -0.05) is 34.1 Å².